The summed E-state index contributed by atoms with van der Waals surface area (Å²) in [6, 6.07) is 15.0. The number of H-pyrrole nitrogens is 1. The number of rotatable bonds is 8. The van der Waals surface area contributed by atoms with Gasteiger partial charge >= 0.3 is 11.7 Å². The highest BCUT2D eigenvalue weighted by Crippen LogP contribution is 2.40. The summed E-state index contributed by atoms with van der Waals surface area (Å²) in [5.41, 5.74) is 2.38. The molecule has 0 atom stereocenters. The standard InChI is InChI=1S/C29H24FN3O7/c1-36-23-10-7-17(11-24(23)40-28(34)16-5-8-18(30)9-6-16)20-14-22-21(15-31-20)32-29(35)33(22)19-12-25(37-2)27(39-4)26(13-19)38-3/h5-15H,1-4H3,(H,32,35). The fourth-order valence-corrected chi connectivity index (χ4v) is 4.28. The Balaban J connectivity index is 1.58. The van der Waals surface area contributed by atoms with Crippen molar-refractivity contribution < 1.29 is 32.9 Å². The largest absolute Gasteiger partial charge is 0.493 e. The second kappa shape index (κ2) is 10.8. The lowest BCUT2D eigenvalue weighted by atomic mass is 10.1. The van der Waals surface area contributed by atoms with Crippen molar-refractivity contribution in [3.63, 3.8) is 0 Å². The van der Waals surface area contributed by atoms with Crippen LogP contribution in [-0.2, 0) is 0 Å². The van der Waals surface area contributed by atoms with Crippen LogP contribution in [0.4, 0.5) is 4.39 Å². The first-order chi connectivity index (χ1) is 19.4. The normalized spacial score (nSPS) is 10.8. The number of carbonyl (C=O) groups is 1. The van der Waals surface area contributed by atoms with Gasteiger partial charge in [0.15, 0.2) is 23.0 Å². The van der Waals surface area contributed by atoms with Crippen LogP contribution in [0.25, 0.3) is 28.0 Å². The number of carbonyl (C=O) groups excluding carboxylic acids is 1. The molecule has 40 heavy (non-hydrogen) atoms. The van der Waals surface area contributed by atoms with Crippen molar-refractivity contribution in [3.05, 3.63) is 88.7 Å². The lowest BCUT2D eigenvalue weighted by molar-refractivity contribution is 0.0729. The van der Waals surface area contributed by atoms with E-state index >= 15 is 0 Å². The first-order valence-electron chi connectivity index (χ1n) is 11.9. The number of ether oxygens (including phenoxy) is 5. The SMILES string of the molecule is COc1ccc(-c2cc3c(cn2)[nH]c(=O)n3-c2cc(OC)c(OC)c(OC)c2)cc1OC(=O)c1ccc(F)cc1. The Morgan fingerprint density at radius 2 is 1.50 bits per heavy atom. The predicted octanol–water partition coefficient (Wildman–Crippen LogP) is 4.77. The smallest absolute Gasteiger partial charge is 0.343 e. The molecule has 0 aliphatic rings. The molecule has 2 heterocycles. The third-order valence-electron chi connectivity index (χ3n) is 6.22. The Morgan fingerprint density at radius 3 is 2.12 bits per heavy atom. The van der Waals surface area contributed by atoms with Gasteiger partial charge in [0.1, 0.15) is 5.82 Å². The predicted molar refractivity (Wildman–Crippen MR) is 145 cm³/mol. The topological polar surface area (TPSA) is 114 Å². The van der Waals surface area contributed by atoms with Gasteiger partial charge in [-0.15, -0.1) is 0 Å². The van der Waals surface area contributed by atoms with E-state index in [0.717, 1.165) is 0 Å². The van der Waals surface area contributed by atoms with Gasteiger partial charge in [-0.1, -0.05) is 0 Å². The van der Waals surface area contributed by atoms with Crippen LogP contribution in [0.5, 0.6) is 28.7 Å². The average Bonchev–Trinajstić information content (AvgIpc) is 3.31. The van der Waals surface area contributed by atoms with Crippen LogP contribution in [0.1, 0.15) is 10.4 Å². The summed E-state index contributed by atoms with van der Waals surface area (Å²) in [6.07, 6.45) is 1.54. The van der Waals surface area contributed by atoms with Crippen molar-refractivity contribution in [3.8, 4) is 45.7 Å². The van der Waals surface area contributed by atoms with E-state index in [0.29, 0.717) is 51.0 Å². The maximum absolute atomic E-state index is 13.3. The van der Waals surface area contributed by atoms with Gasteiger partial charge in [0.2, 0.25) is 5.75 Å². The number of aromatic nitrogens is 3. The number of aromatic amines is 1. The number of nitrogens with zero attached hydrogens (tertiary/aromatic N) is 2. The molecule has 1 N–H and O–H groups in total. The zero-order chi connectivity index (χ0) is 28.4. The summed E-state index contributed by atoms with van der Waals surface area (Å²) in [7, 11) is 5.93. The second-order valence-electron chi connectivity index (χ2n) is 8.50. The number of hydrogen-bond donors (Lipinski definition) is 1. The third kappa shape index (κ3) is 4.80. The van der Waals surface area contributed by atoms with Crippen molar-refractivity contribution in [1.29, 1.82) is 0 Å². The molecule has 11 heteroatoms. The van der Waals surface area contributed by atoms with Crippen LogP contribution in [0.3, 0.4) is 0 Å². The number of pyridine rings is 1. The van der Waals surface area contributed by atoms with Crippen molar-refractivity contribution in [2.24, 2.45) is 0 Å². The molecule has 0 saturated heterocycles. The van der Waals surface area contributed by atoms with Gasteiger partial charge < -0.3 is 28.7 Å². The lowest BCUT2D eigenvalue weighted by Gasteiger charge is -2.14. The number of halogens is 1. The maximum atomic E-state index is 13.3. The number of hydrogen-bond acceptors (Lipinski definition) is 8. The quantitative estimate of drug-likeness (QED) is 0.219. The fraction of sp³-hybridized carbons (Fsp3) is 0.138. The fourth-order valence-electron chi connectivity index (χ4n) is 4.28. The van der Waals surface area contributed by atoms with E-state index in [9.17, 15) is 14.0 Å². The molecule has 0 bridgehead atoms. The summed E-state index contributed by atoms with van der Waals surface area (Å²) >= 11 is 0. The summed E-state index contributed by atoms with van der Waals surface area (Å²) < 4.78 is 42.0. The number of methoxy groups -OCH3 is 4. The molecule has 0 amide bonds. The Morgan fingerprint density at radius 1 is 0.825 bits per heavy atom. The summed E-state index contributed by atoms with van der Waals surface area (Å²) in [5, 5.41) is 0. The average molecular weight is 546 g/mol. The van der Waals surface area contributed by atoms with Crippen LogP contribution >= 0.6 is 0 Å². The molecule has 0 unspecified atom stereocenters. The third-order valence-corrected chi connectivity index (χ3v) is 6.22. The highest BCUT2D eigenvalue weighted by molar-refractivity contribution is 5.91. The van der Waals surface area contributed by atoms with E-state index in [1.54, 1.807) is 36.4 Å². The van der Waals surface area contributed by atoms with Crippen LogP contribution in [-0.4, -0.2) is 48.9 Å². The van der Waals surface area contributed by atoms with E-state index in [2.05, 4.69) is 9.97 Å². The number of fused-ring (bicyclic) bond motifs is 1. The first-order valence-corrected chi connectivity index (χ1v) is 11.9. The molecule has 0 spiro atoms. The number of esters is 1. The molecule has 3 aromatic carbocycles. The molecular formula is C29H24FN3O7. The molecule has 10 nitrogen and oxygen atoms in total. The van der Waals surface area contributed by atoms with Gasteiger partial charge in [-0.3, -0.25) is 9.55 Å². The Kier molecular flexibility index (Phi) is 7.11. The molecule has 2 aromatic heterocycles. The minimum Gasteiger partial charge on any atom is -0.493 e. The molecule has 0 aliphatic carbocycles. The van der Waals surface area contributed by atoms with Gasteiger partial charge in [0.05, 0.1) is 62.6 Å². The molecule has 5 aromatic rings. The zero-order valence-electron chi connectivity index (χ0n) is 22.0. The van der Waals surface area contributed by atoms with E-state index in [1.165, 1.54) is 63.5 Å². The number of imidazole rings is 1. The summed E-state index contributed by atoms with van der Waals surface area (Å²) in [4.78, 5) is 33.0. The monoisotopic (exact) mass is 545 g/mol. The first kappa shape index (κ1) is 26.3. The Bertz CT molecular complexity index is 1750. The van der Waals surface area contributed by atoms with Gasteiger partial charge in [-0.2, -0.15) is 0 Å². The van der Waals surface area contributed by atoms with Crippen molar-refractivity contribution in [2.45, 2.75) is 0 Å². The highest BCUT2D eigenvalue weighted by atomic mass is 19.1. The zero-order valence-corrected chi connectivity index (χ0v) is 22.0. The molecule has 0 radical (unpaired) electrons. The summed E-state index contributed by atoms with van der Waals surface area (Å²) in [5.74, 6) is 0.479. The summed E-state index contributed by atoms with van der Waals surface area (Å²) in [6.45, 7) is 0. The van der Waals surface area contributed by atoms with Crippen LogP contribution < -0.4 is 29.4 Å². The molecule has 5 rings (SSSR count). The van der Waals surface area contributed by atoms with Crippen LogP contribution in [0.2, 0.25) is 0 Å². The second-order valence-corrected chi connectivity index (χ2v) is 8.50. The van der Waals surface area contributed by atoms with Crippen molar-refractivity contribution in [1.82, 2.24) is 14.5 Å². The van der Waals surface area contributed by atoms with Crippen molar-refractivity contribution in [2.75, 3.05) is 28.4 Å². The van der Waals surface area contributed by atoms with Crippen LogP contribution in [0.15, 0.2) is 71.7 Å². The van der Waals surface area contributed by atoms with E-state index in [-0.39, 0.29) is 11.3 Å². The minimum absolute atomic E-state index is 0.146. The minimum atomic E-state index is -0.680. The van der Waals surface area contributed by atoms with E-state index in [1.807, 2.05) is 0 Å². The molecule has 0 saturated carbocycles. The molecule has 0 fully saturated rings. The maximum Gasteiger partial charge on any atom is 0.343 e. The highest BCUT2D eigenvalue weighted by Gasteiger charge is 2.19. The lowest BCUT2D eigenvalue weighted by Crippen LogP contribution is -2.15. The molecule has 0 aliphatic heterocycles. The Labute approximate surface area is 227 Å². The van der Waals surface area contributed by atoms with Gasteiger partial charge in [0, 0.05) is 17.7 Å². The number of nitrogens with one attached hydrogen (secondary N) is 1. The molecular weight excluding hydrogens is 521 g/mol. The van der Waals surface area contributed by atoms with Crippen LogP contribution in [0, 0.1) is 5.82 Å². The van der Waals surface area contributed by atoms with Gasteiger partial charge in [0.25, 0.3) is 0 Å². The molecule has 204 valence electrons. The Hall–Kier alpha value is -5.32. The number of benzene rings is 3. The van der Waals surface area contributed by atoms with E-state index < -0.39 is 17.5 Å². The van der Waals surface area contributed by atoms with Gasteiger partial charge in [-0.25, -0.2) is 14.0 Å². The van der Waals surface area contributed by atoms with E-state index in [4.69, 9.17) is 23.7 Å². The van der Waals surface area contributed by atoms with Gasteiger partial charge in [-0.05, 0) is 48.5 Å². The van der Waals surface area contributed by atoms with Crippen molar-refractivity contribution >= 4 is 17.0 Å².